The van der Waals surface area contributed by atoms with Crippen molar-refractivity contribution in [3.63, 3.8) is 0 Å². The van der Waals surface area contributed by atoms with E-state index in [0.29, 0.717) is 11.7 Å². The first kappa shape index (κ1) is 11.6. The molecule has 0 aliphatic heterocycles. The number of aliphatic carboxylic acids is 1. The fourth-order valence-electron chi connectivity index (χ4n) is 1.38. The van der Waals surface area contributed by atoms with Crippen LogP contribution in [-0.2, 0) is 4.79 Å². The summed E-state index contributed by atoms with van der Waals surface area (Å²) in [6, 6.07) is 7.49. The van der Waals surface area contributed by atoms with Gasteiger partial charge in [-0.25, -0.2) is 0 Å². The van der Waals surface area contributed by atoms with Crippen molar-refractivity contribution in [3.05, 3.63) is 29.8 Å². The van der Waals surface area contributed by atoms with E-state index in [9.17, 15) is 9.90 Å². The molecule has 0 amide bonds. The number of hydrogen-bond acceptors (Lipinski definition) is 3. The summed E-state index contributed by atoms with van der Waals surface area (Å²) in [6.45, 7) is 3.77. The lowest BCUT2D eigenvalue weighted by molar-refractivity contribution is -0.307. The average Bonchev–Trinajstić information content (AvgIpc) is 2.25. The van der Waals surface area contributed by atoms with Crippen LogP contribution in [0.3, 0.4) is 0 Å². The van der Waals surface area contributed by atoms with Crippen molar-refractivity contribution >= 4 is 5.97 Å². The maximum Gasteiger partial charge on any atom is 0.128 e. The molecule has 0 fully saturated rings. The van der Waals surface area contributed by atoms with Gasteiger partial charge in [0, 0.05) is 0 Å². The van der Waals surface area contributed by atoms with Crippen molar-refractivity contribution in [3.8, 4) is 5.75 Å². The lowest BCUT2D eigenvalue weighted by atomic mass is 9.98. The molecular weight excluding hydrogens is 192 g/mol. The van der Waals surface area contributed by atoms with Crippen LogP contribution >= 0.6 is 0 Å². The van der Waals surface area contributed by atoms with Gasteiger partial charge in [0.15, 0.2) is 0 Å². The predicted octanol–water partition coefficient (Wildman–Crippen LogP) is 1.33. The molecule has 1 aromatic carbocycles. The van der Waals surface area contributed by atoms with Crippen molar-refractivity contribution in [2.45, 2.75) is 26.2 Å². The lowest BCUT2D eigenvalue weighted by Gasteiger charge is -2.15. The molecule has 1 rings (SSSR count). The van der Waals surface area contributed by atoms with E-state index in [4.69, 9.17) is 4.74 Å². The number of carbonyl (C=O) groups excluding carboxylic acids is 1. The molecule has 0 aliphatic rings. The molecule has 1 aromatic rings. The van der Waals surface area contributed by atoms with Crippen LogP contribution in [0, 0.1) is 0 Å². The van der Waals surface area contributed by atoms with Crippen molar-refractivity contribution < 1.29 is 14.6 Å². The maximum absolute atomic E-state index is 10.3. The van der Waals surface area contributed by atoms with Gasteiger partial charge in [0.2, 0.25) is 0 Å². The molecule has 0 aromatic heterocycles. The van der Waals surface area contributed by atoms with Gasteiger partial charge in [-0.15, -0.1) is 0 Å². The molecule has 0 aliphatic carbocycles. The third kappa shape index (κ3) is 3.27. The predicted molar refractivity (Wildman–Crippen MR) is 55.7 cm³/mol. The van der Waals surface area contributed by atoms with Crippen LogP contribution in [0.2, 0.25) is 0 Å². The minimum atomic E-state index is -1.20. The SMILES string of the molecule is CC[C@H](C)c1ccccc1OCC(=O)[O-]. The van der Waals surface area contributed by atoms with E-state index in [-0.39, 0.29) is 0 Å². The molecule has 0 spiro atoms. The molecule has 0 saturated carbocycles. The standard InChI is InChI=1S/C12H16O3/c1-3-9(2)10-6-4-5-7-11(10)15-8-12(13)14/h4-7,9H,3,8H2,1-2H3,(H,13,14)/p-1/t9-/m0/s1. The van der Waals surface area contributed by atoms with Crippen LogP contribution in [-0.4, -0.2) is 12.6 Å². The highest BCUT2D eigenvalue weighted by Crippen LogP contribution is 2.28. The third-order valence-electron chi connectivity index (χ3n) is 2.41. The number of carboxylic acid groups (broad SMARTS) is 1. The first-order valence-electron chi connectivity index (χ1n) is 5.06. The Balaban J connectivity index is 2.81. The zero-order valence-electron chi connectivity index (χ0n) is 9.03. The zero-order valence-corrected chi connectivity index (χ0v) is 9.03. The minimum absolute atomic E-state index is 0.364. The zero-order chi connectivity index (χ0) is 11.3. The number of benzene rings is 1. The summed E-state index contributed by atoms with van der Waals surface area (Å²) in [4.78, 5) is 10.3. The number of ether oxygens (including phenoxy) is 1. The summed E-state index contributed by atoms with van der Waals surface area (Å²) < 4.78 is 5.16. The lowest BCUT2D eigenvalue weighted by Crippen LogP contribution is -2.29. The minimum Gasteiger partial charge on any atom is -0.546 e. The molecule has 3 nitrogen and oxygen atoms in total. The van der Waals surface area contributed by atoms with Crippen molar-refractivity contribution in [2.75, 3.05) is 6.61 Å². The van der Waals surface area contributed by atoms with E-state index in [1.807, 2.05) is 18.2 Å². The molecule has 82 valence electrons. The number of carbonyl (C=O) groups is 1. The van der Waals surface area contributed by atoms with Crippen molar-refractivity contribution in [1.29, 1.82) is 0 Å². The Morgan fingerprint density at radius 3 is 2.73 bits per heavy atom. The van der Waals surface area contributed by atoms with E-state index in [2.05, 4.69) is 13.8 Å². The van der Waals surface area contributed by atoms with E-state index in [1.165, 1.54) is 0 Å². The summed E-state index contributed by atoms with van der Waals surface area (Å²) >= 11 is 0. The average molecular weight is 207 g/mol. The largest absolute Gasteiger partial charge is 0.546 e. The number of para-hydroxylation sites is 1. The second-order valence-corrected chi connectivity index (χ2v) is 3.51. The number of carboxylic acids is 1. The summed E-state index contributed by atoms with van der Waals surface area (Å²) in [5.41, 5.74) is 1.04. The van der Waals surface area contributed by atoms with Crippen LogP contribution in [0.5, 0.6) is 5.75 Å². The molecule has 0 radical (unpaired) electrons. The smallest absolute Gasteiger partial charge is 0.128 e. The van der Waals surface area contributed by atoms with Crippen LogP contribution in [0.1, 0.15) is 31.7 Å². The first-order chi connectivity index (χ1) is 7.15. The van der Waals surface area contributed by atoms with Gasteiger partial charge in [0.05, 0.1) is 5.97 Å². The molecular formula is C12H15O3-. The maximum atomic E-state index is 10.3. The third-order valence-corrected chi connectivity index (χ3v) is 2.41. The van der Waals surface area contributed by atoms with E-state index >= 15 is 0 Å². The van der Waals surface area contributed by atoms with Crippen LogP contribution in [0.4, 0.5) is 0 Å². The van der Waals surface area contributed by atoms with Crippen LogP contribution < -0.4 is 9.84 Å². The summed E-state index contributed by atoms with van der Waals surface area (Å²) in [5, 5.41) is 10.3. The molecule has 0 heterocycles. The Morgan fingerprint density at radius 2 is 2.13 bits per heavy atom. The number of hydrogen-bond donors (Lipinski definition) is 0. The molecule has 0 unspecified atom stereocenters. The molecule has 15 heavy (non-hydrogen) atoms. The van der Waals surface area contributed by atoms with Gasteiger partial charge in [-0.3, -0.25) is 0 Å². The van der Waals surface area contributed by atoms with Crippen LogP contribution in [0.25, 0.3) is 0 Å². The van der Waals surface area contributed by atoms with Gasteiger partial charge in [-0.05, 0) is 24.0 Å². The summed E-state index contributed by atoms with van der Waals surface area (Å²) in [6.07, 6.45) is 0.992. The van der Waals surface area contributed by atoms with E-state index in [1.54, 1.807) is 6.07 Å². The Labute approximate surface area is 89.7 Å². The van der Waals surface area contributed by atoms with Crippen LogP contribution in [0.15, 0.2) is 24.3 Å². The fraction of sp³-hybridized carbons (Fsp3) is 0.417. The Hall–Kier alpha value is -1.51. The highest BCUT2D eigenvalue weighted by atomic mass is 16.5. The monoisotopic (exact) mass is 207 g/mol. The van der Waals surface area contributed by atoms with E-state index in [0.717, 1.165) is 12.0 Å². The summed E-state index contributed by atoms with van der Waals surface area (Å²) in [5.74, 6) is -0.201. The van der Waals surface area contributed by atoms with E-state index < -0.39 is 12.6 Å². The Kier molecular flexibility index (Phi) is 4.16. The quantitative estimate of drug-likeness (QED) is 0.731. The molecule has 0 saturated heterocycles. The summed E-state index contributed by atoms with van der Waals surface area (Å²) in [7, 11) is 0. The fourth-order valence-corrected chi connectivity index (χ4v) is 1.38. The van der Waals surface area contributed by atoms with Crippen molar-refractivity contribution in [1.82, 2.24) is 0 Å². The van der Waals surface area contributed by atoms with Gasteiger partial charge >= 0.3 is 0 Å². The molecule has 0 N–H and O–H groups in total. The van der Waals surface area contributed by atoms with Gasteiger partial charge in [-0.2, -0.15) is 0 Å². The topological polar surface area (TPSA) is 49.4 Å². The van der Waals surface area contributed by atoms with Gasteiger partial charge in [0.1, 0.15) is 12.4 Å². The highest BCUT2D eigenvalue weighted by Gasteiger charge is 2.08. The first-order valence-corrected chi connectivity index (χ1v) is 5.06. The van der Waals surface area contributed by atoms with Crippen molar-refractivity contribution in [2.24, 2.45) is 0 Å². The number of rotatable bonds is 5. The second kappa shape index (κ2) is 5.39. The molecule has 1 atom stereocenters. The normalized spacial score (nSPS) is 12.1. The Bertz CT molecular complexity index is 333. The molecule has 0 bridgehead atoms. The Morgan fingerprint density at radius 1 is 1.47 bits per heavy atom. The second-order valence-electron chi connectivity index (χ2n) is 3.51. The highest BCUT2D eigenvalue weighted by molar-refractivity contribution is 5.66. The van der Waals surface area contributed by atoms with Gasteiger partial charge in [-0.1, -0.05) is 32.0 Å². The van der Waals surface area contributed by atoms with Gasteiger partial charge in [0.25, 0.3) is 0 Å². The molecule has 3 heteroatoms. The van der Waals surface area contributed by atoms with Gasteiger partial charge < -0.3 is 14.6 Å².